The van der Waals surface area contributed by atoms with Crippen LogP contribution in [0.15, 0.2) is 10.7 Å². The second kappa shape index (κ2) is 4.39. The fourth-order valence-electron chi connectivity index (χ4n) is 1.06. The van der Waals surface area contributed by atoms with E-state index in [1.807, 2.05) is 0 Å². The van der Waals surface area contributed by atoms with Crippen molar-refractivity contribution in [3.05, 3.63) is 20.8 Å². The summed E-state index contributed by atoms with van der Waals surface area (Å²) < 4.78 is 1.50. The Bertz CT molecular complexity index is 403. The maximum absolute atomic E-state index is 10.5. The minimum atomic E-state index is -0.975. The SMILES string of the molecule is CC(CC(=O)O)n1cc(Br)c([N+](=O)[O-])n1. The van der Waals surface area contributed by atoms with Crippen LogP contribution in [0.3, 0.4) is 0 Å². The third-order valence-corrected chi connectivity index (χ3v) is 2.32. The number of hydrogen-bond acceptors (Lipinski definition) is 4. The third-order valence-electron chi connectivity index (χ3n) is 1.76. The maximum Gasteiger partial charge on any atom is 0.404 e. The molecule has 1 rings (SSSR count). The van der Waals surface area contributed by atoms with Crippen LogP contribution in [0.25, 0.3) is 0 Å². The van der Waals surface area contributed by atoms with E-state index in [4.69, 9.17) is 5.11 Å². The van der Waals surface area contributed by atoms with Gasteiger partial charge >= 0.3 is 11.8 Å². The Morgan fingerprint density at radius 3 is 2.87 bits per heavy atom. The van der Waals surface area contributed by atoms with E-state index in [9.17, 15) is 14.9 Å². The molecule has 0 aliphatic rings. The molecule has 0 bridgehead atoms. The molecule has 0 radical (unpaired) electrons. The first-order valence-electron chi connectivity index (χ1n) is 4.02. The van der Waals surface area contributed by atoms with Crippen LogP contribution in [0.2, 0.25) is 0 Å². The molecule has 0 saturated carbocycles. The van der Waals surface area contributed by atoms with Gasteiger partial charge in [-0.3, -0.25) is 4.79 Å². The van der Waals surface area contributed by atoms with Gasteiger partial charge in [-0.2, -0.15) is 4.68 Å². The van der Waals surface area contributed by atoms with Crippen molar-refractivity contribution in [2.45, 2.75) is 19.4 Å². The topological polar surface area (TPSA) is 98.3 Å². The number of hydrogen-bond donors (Lipinski definition) is 1. The fraction of sp³-hybridized carbons (Fsp3) is 0.429. The average molecular weight is 278 g/mol. The molecule has 8 heteroatoms. The first-order chi connectivity index (χ1) is 6.91. The van der Waals surface area contributed by atoms with Gasteiger partial charge in [-0.15, -0.1) is 0 Å². The number of nitrogens with zero attached hydrogens (tertiary/aromatic N) is 3. The van der Waals surface area contributed by atoms with Gasteiger partial charge < -0.3 is 15.2 Å². The lowest BCUT2D eigenvalue weighted by atomic mass is 10.2. The lowest BCUT2D eigenvalue weighted by molar-refractivity contribution is -0.390. The molecule has 82 valence electrons. The second-order valence-electron chi connectivity index (χ2n) is 2.98. The molecule has 1 N–H and O–H groups in total. The van der Waals surface area contributed by atoms with Gasteiger partial charge in [0.1, 0.15) is 4.47 Å². The van der Waals surface area contributed by atoms with E-state index >= 15 is 0 Å². The zero-order valence-corrected chi connectivity index (χ0v) is 9.34. The molecule has 1 aromatic rings. The lowest BCUT2D eigenvalue weighted by Gasteiger charge is -2.03. The van der Waals surface area contributed by atoms with Crippen molar-refractivity contribution >= 4 is 27.7 Å². The fourth-order valence-corrected chi connectivity index (χ4v) is 1.49. The Labute approximate surface area is 93.0 Å². The summed E-state index contributed by atoms with van der Waals surface area (Å²) in [6, 6.07) is -0.424. The zero-order valence-electron chi connectivity index (χ0n) is 7.75. The highest BCUT2D eigenvalue weighted by Gasteiger charge is 2.22. The van der Waals surface area contributed by atoms with Crippen molar-refractivity contribution in [3.8, 4) is 0 Å². The van der Waals surface area contributed by atoms with Gasteiger partial charge in [0, 0.05) is 0 Å². The molecule has 1 atom stereocenters. The Kier molecular flexibility index (Phi) is 3.40. The smallest absolute Gasteiger partial charge is 0.404 e. The molecule has 1 unspecified atom stereocenters. The summed E-state index contributed by atoms with van der Waals surface area (Å²) >= 11 is 2.98. The van der Waals surface area contributed by atoms with Crippen LogP contribution < -0.4 is 0 Å². The Morgan fingerprint density at radius 1 is 1.87 bits per heavy atom. The van der Waals surface area contributed by atoms with Crippen molar-refractivity contribution in [2.24, 2.45) is 0 Å². The lowest BCUT2D eigenvalue weighted by Crippen LogP contribution is -2.11. The normalized spacial score (nSPS) is 12.4. The molecule has 0 saturated heterocycles. The summed E-state index contributed by atoms with van der Waals surface area (Å²) in [5, 5.41) is 22.7. The maximum atomic E-state index is 10.5. The number of halogens is 1. The third kappa shape index (κ3) is 2.75. The average Bonchev–Trinajstić information content (AvgIpc) is 2.46. The van der Waals surface area contributed by atoms with E-state index < -0.39 is 16.9 Å². The van der Waals surface area contributed by atoms with E-state index in [1.54, 1.807) is 6.92 Å². The zero-order chi connectivity index (χ0) is 11.6. The van der Waals surface area contributed by atoms with Crippen LogP contribution in [-0.2, 0) is 4.79 Å². The standard InChI is InChI=1S/C7H8BrN3O4/c1-4(2-6(12)13)10-3-5(8)7(9-10)11(14)15/h3-4H,2H2,1H3,(H,12,13). The number of rotatable bonds is 4. The van der Waals surface area contributed by atoms with Gasteiger partial charge in [-0.25, -0.2) is 0 Å². The molecule has 0 amide bonds. The van der Waals surface area contributed by atoms with E-state index in [0.29, 0.717) is 0 Å². The molecular formula is C7H8BrN3O4. The summed E-state index contributed by atoms with van der Waals surface area (Å²) in [4.78, 5) is 20.3. The van der Waals surface area contributed by atoms with Crippen LogP contribution in [0.1, 0.15) is 19.4 Å². The Balaban J connectivity index is 2.91. The van der Waals surface area contributed by atoms with E-state index in [-0.39, 0.29) is 16.7 Å². The molecule has 0 spiro atoms. The first kappa shape index (κ1) is 11.6. The highest BCUT2D eigenvalue weighted by molar-refractivity contribution is 9.10. The van der Waals surface area contributed by atoms with Gasteiger partial charge in [-0.1, -0.05) is 0 Å². The van der Waals surface area contributed by atoms with Crippen LogP contribution in [0.5, 0.6) is 0 Å². The van der Waals surface area contributed by atoms with E-state index in [2.05, 4.69) is 21.0 Å². The molecule has 1 aromatic heterocycles. The second-order valence-corrected chi connectivity index (χ2v) is 3.84. The number of aromatic nitrogens is 2. The van der Waals surface area contributed by atoms with Gasteiger partial charge in [0.05, 0.1) is 23.8 Å². The summed E-state index contributed by atoms with van der Waals surface area (Å²) in [6.45, 7) is 1.62. The number of carboxylic acid groups (broad SMARTS) is 1. The van der Waals surface area contributed by atoms with Gasteiger partial charge in [-0.05, 0) is 27.8 Å². The van der Waals surface area contributed by atoms with Crippen LogP contribution in [0, 0.1) is 10.1 Å². The molecule has 0 fully saturated rings. The first-order valence-corrected chi connectivity index (χ1v) is 4.82. The molecule has 1 heterocycles. The molecule has 0 aliphatic heterocycles. The number of nitro groups is 1. The summed E-state index contributed by atoms with van der Waals surface area (Å²) in [7, 11) is 0. The predicted octanol–water partition coefficient (Wildman–Crippen LogP) is 1.59. The summed E-state index contributed by atoms with van der Waals surface area (Å²) in [5.41, 5.74) is 0. The Hall–Kier alpha value is -1.44. The van der Waals surface area contributed by atoms with Crippen molar-refractivity contribution < 1.29 is 14.8 Å². The van der Waals surface area contributed by atoms with Crippen molar-refractivity contribution in [3.63, 3.8) is 0 Å². The molecule has 7 nitrogen and oxygen atoms in total. The molecule has 0 aromatic carbocycles. The highest BCUT2D eigenvalue weighted by Crippen LogP contribution is 2.24. The van der Waals surface area contributed by atoms with Crippen molar-refractivity contribution in [1.82, 2.24) is 9.78 Å². The minimum absolute atomic E-state index is 0.134. The summed E-state index contributed by atoms with van der Waals surface area (Å²) in [6.07, 6.45) is 1.26. The monoisotopic (exact) mass is 277 g/mol. The summed E-state index contributed by atoms with van der Waals surface area (Å²) in [5.74, 6) is -1.29. The Morgan fingerprint density at radius 2 is 2.47 bits per heavy atom. The number of carboxylic acids is 1. The van der Waals surface area contributed by atoms with Gasteiger partial charge in [0.2, 0.25) is 0 Å². The van der Waals surface area contributed by atoms with Gasteiger partial charge in [0.15, 0.2) is 0 Å². The van der Waals surface area contributed by atoms with E-state index in [1.165, 1.54) is 10.9 Å². The predicted molar refractivity (Wildman–Crippen MR) is 53.5 cm³/mol. The van der Waals surface area contributed by atoms with Crippen LogP contribution >= 0.6 is 15.9 Å². The number of aliphatic carboxylic acids is 1. The quantitative estimate of drug-likeness (QED) is 0.666. The molecule has 0 aliphatic carbocycles. The minimum Gasteiger partial charge on any atom is -0.481 e. The van der Waals surface area contributed by atoms with Gasteiger partial charge in [0.25, 0.3) is 0 Å². The molecular weight excluding hydrogens is 270 g/mol. The van der Waals surface area contributed by atoms with E-state index in [0.717, 1.165) is 0 Å². The molecule has 15 heavy (non-hydrogen) atoms. The van der Waals surface area contributed by atoms with Crippen molar-refractivity contribution in [2.75, 3.05) is 0 Å². The van der Waals surface area contributed by atoms with Crippen LogP contribution in [0.4, 0.5) is 5.82 Å². The largest absolute Gasteiger partial charge is 0.481 e. The van der Waals surface area contributed by atoms with Crippen molar-refractivity contribution in [1.29, 1.82) is 0 Å². The number of carbonyl (C=O) groups is 1. The highest BCUT2D eigenvalue weighted by atomic mass is 79.9. The van der Waals surface area contributed by atoms with Crippen LogP contribution in [-0.4, -0.2) is 25.8 Å².